The van der Waals surface area contributed by atoms with Crippen molar-refractivity contribution in [3.05, 3.63) is 35.4 Å². The average Bonchev–Trinajstić information content (AvgIpc) is 3.00. The summed E-state index contributed by atoms with van der Waals surface area (Å²) in [6.07, 6.45) is 1.24. The van der Waals surface area contributed by atoms with E-state index in [2.05, 4.69) is 10.8 Å². The van der Waals surface area contributed by atoms with Crippen molar-refractivity contribution in [2.24, 2.45) is 0 Å². The molecule has 116 valence electrons. The van der Waals surface area contributed by atoms with Crippen molar-refractivity contribution in [3.8, 4) is 0 Å². The first-order valence-corrected chi connectivity index (χ1v) is 7.21. The molecule has 0 radical (unpaired) electrons. The van der Waals surface area contributed by atoms with Gasteiger partial charge in [-0.1, -0.05) is 24.3 Å². The lowest BCUT2D eigenvalue weighted by molar-refractivity contribution is -0.140. The Labute approximate surface area is 127 Å². The fourth-order valence-electron chi connectivity index (χ4n) is 3.06. The van der Waals surface area contributed by atoms with Crippen molar-refractivity contribution in [3.63, 3.8) is 0 Å². The smallest absolute Gasteiger partial charge is 0.319 e. The van der Waals surface area contributed by atoms with Crippen LogP contribution in [0.15, 0.2) is 24.3 Å². The lowest BCUT2D eigenvalue weighted by Crippen LogP contribution is -2.43. The molecule has 1 spiro atoms. The maximum atomic E-state index is 12.7. The van der Waals surface area contributed by atoms with Gasteiger partial charge in [0.05, 0.1) is 6.61 Å². The first-order valence-electron chi connectivity index (χ1n) is 7.21. The maximum Gasteiger partial charge on any atom is 0.325 e. The van der Waals surface area contributed by atoms with E-state index in [9.17, 15) is 14.4 Å². The van der Waals surface area contributed by atoms with Crippen molar-refractivity contribution in [2.75, 3.05) is 13.2 Å². The van der Waals surface area contributed by atoms with E-state index in [1.807, 2.05) is 24.3 Å². The Bertz CT molecular complexity index is 645. The lowest BCUT2D eigenvalue weighted by atomic mass is 9.92. The van der Waals surface area contributed by atoms with Crippen LogP contribution in [0.25, 0.3) is 0 Å². The summed E-state index contributed by atoms with van der Waals surface area (Å²) in [4.78, 5) is 42.3. The van der Waals surface area contributed by atoms with Gasteiger partial charge in [-0.3, -0.25) is 19.3 Å². The average molecular weight is 303 g/mol. The minimum Gasteiger partial charge on any atom is -0.319 e. The van der Waals surface area contributed by atoms with Crippen LogP contribution in [-0.4, -0.2) is 35.9 Å². The molecule has 4 amide bonds. The van der Waals surface area contributed by atoms with Crippen LogP contribution in [0.4, 0.5) is 4.79 Å². The first kappa shape index (κ1) is 14.5. The molecule has 1 saturated heterocycles. The van der Waals surface area contributed by atoms with E-state index in [1.165, 1.54) is 0 Å². The third-order valence-corrected chi connectivity index (χ3v) is 4.05. The number of carbonyl (C=O) groups excluding carboxylic acids is 3. The Kier molecular flexibility index (Phi) is 3.58. The van der Waals surface area contributed by atoms with E-state index in [4.69, 9.17) is 4.84 Å². The molecule has 22 heavy (non-hydrogen) atoms. The SMILES string of the molecule is CCONC(=O)CN1C(=O)N[C@]2(CCc3ccccc32)C1=O. The van der Waals surface area contributed by atoms with Crippen LogP contribution in [0.3, 0.4) is 0 Å². The fourth-order valence-corrected chi connectivity index (χ4v) is 3.06. The normalized spacial score (nSPS) is 22.9. The van der Waals surface area contributed by atoms with E-state index >= 15 is 0 Å². The Balaban J connectivity index is 1.82. The number of aryl methyl sites for hydroxylation is 1. The number of hydrogen-bond donors (Lipinski definition) is 2. The van der Waals surface area contributed by atoms with Gasteiger partial charge in [0.2, 0.25) is 0 Å². The van der Waals surface area contributed by atoms with E-state index in [-0.39, 0.29) is 12.5 Å². The Hall–Kier alpha value is -2.41. The molecule has 1 fully saturated rings. The van der Waals surface area contributed by atoms with Gasteiger partial charge in [-0.15, -0.1) is 0 Å². The molecule has 7 nitrogen and oxygen atoms in total. The standard InChI is InChI=1S/C15H17N3O4/c1-2-22-17-12(19)9-18-13(20)15(16-14(18)21)8-7-10-5-3-4-6-11(10)15/h3-6H,2,7-9H2,1H3,(H,16,21)(H,17,19)/t15-/m0/s1. The molecule has 1 aliphatic heterocycles. The van der Waals surface area contributed by atoms with Crippen LogP contribution in [0, 0.1) is 0 Å². The topological polar surface area (TPSA) is 87.7 Å². The number of carbonyl (C=O) groups is 3. The molecule has 1 aromatic rings. The molecule has 0 bridgehead atoms. The van der Waals surface area contributed by atoms with Crippen LogP contribution in [-0.2, 0) is 26.4 Å². The van der Waals surface area contributed by atoms with Crippen molar-refractivity contribution >= 4 is 17.8 Å². The highest BCUT2D eigenvalue weighted by Gasteiger charge is 2.55. The molecule has 0 aromatic heterocycles. The predicted molar refractivity (Wildman–Crippen MR) is 76.5 cm³/mol. The zero-order chi connectivity index (χ0) is 15.7. The minimum absolute atomic E-state index is 0.309. The lowest BCUT2D eigenvalue weighted by Gasteiger charge is -2.22. The second-order valence-electron chi connectivity index (χ2n) is 5.34. The molecule has 0 unspecified atom stereocenters. The molecule has 1 aliphatic carbocycles. The van der Waals surface area contributed by atoms with Crippen molar-refractivity contribution in [1.29, 1.82) is 0 Å². The summed E-state index contributed by atoms with van der Waals surface area (Å²) >= 11 is 0. The van der Waals surface area contributed by atoms with E-state index in [1.54, 1.807) is 6.92 Å². The molecule has 1 heterocycles. The number of nitrogens with zero attached hydrogens (tertiary/aromatic N) is 1. The highest BCUT2D eigenvalue weighted by Crippen LogP contribution is 2.41. The van der Waals surface area contributed by atoms with E-state index in [0.717, 1.165) is 22.4 Å². The number of hydroxylamine groups is 1. The van der Waals surface area contributed by atoms with Gasteiger partial charge in [-0.05, 0) is 30.9 Å². The third-order valence-electron chi connectivity index (χ3n) is 4.05. The fraction of sp³-hybridized carbons (Fsp3) is 0.400. The van der Waals surface area contributed by atoms with Crippen molar-refractivity contribution in [2.45, 2.75) is 25.3 Å². The summed E-state index contributed by atoms with van der Waals surface area (Å²) in [5, 5.41) is 2.76. The van der Waals surface area contributed by atoms with Crippen molar-refractivity contribution < 1.29 is 19.2 Å². The molecular formula is C15H17N3O4. The summed E-state index contributed by atoms with van der Waals surface area (Å²) < 4.78 is 0. The number of benzene rings is 1. The van der Waals surface area contributed by atoms with Gasteiger partial charge >= 0.3 is 6.03 Å². The zero-order valence-corrected chi connectivity index (χ0v) is 12.2. The van der Waals surface area contributed by atoms with Crippen LogP contribution in [0.5, 0.6) is 0 Å². The van der Waals surface area contributed by atoms with Crippen LogP contribution < -0.4 is 10.8 Å². The van der Waals surface area contributed by atoms with Gasteiger partial charge in [0.15, 0.2) is 0 Å². The van der Waals surface area contributed by atoms with E-state index < -0.39 is 17.5 Å². The van der Waals surface area contributed by atoms with Gasteiger partial charge < -0.3 is 5.32 Å². The Morgan fingerprint density at radius 3 is 2.95 bits per heavy atom. The molecule has 2 N–H and O–H groups in total. The highest BCUT2D eigenvalue weighted by molar-refractivity contribution is 6.09. The quantitative estimate of drug-likeness (QED) is 0.624. The molecule has 1 aromatic carbocycles. The number of hydrogen-bond acceptors (Lipinski definition) is 4. The third kappa shape index (κ3) is 2.14. The number of fused-ring (bicyclic) bond motifs is 2. The number of rotatable bonds is 4. The molecule has 3 rings (SSSR count). The van der Waals surface area contributed by atoms with Gasteiger partial charge in [0, 0.05) is 0 Å². The Morgan fingerprint density at radius 2 is 2.18 bits per heavy atom. The summed E-state index contributed by atoms with van der Waals surface area (Å²) in [6.45, 7) is 1.68. The predicted octanol–water partition coefficient (Wildman–Crippen LogP) is 0.448. The maximum absolute atomic E-state index is 12.7. The van der Waals surface area contributed by atoms with Crippen molar-refractivity contribution in [1.82, 2.24) is 15.7 Å². The summed E-state index contributed by atoms with van der Waals surface area (Å²) in [7, 11) is 0. The number of urea groups is 1. The molecule has 1 atom stereocenters. The van der Waals surface area contributed by atoms with Gasteiger partial charge in [0.25, 0.3) is 11.8 Å². The van der Waals surface area contributed by atoms with Crippen LogP contribution in [0.2, 0.25) is 0 Å². The molecule has 0 saturated carbocycles. The summed E-state index contributed by atoms with van der Waals surface area (Å²) in [5.41, 5.74) is 3.03. The van der Waals surface area contributed by atoms with E-state index in [0.29, 0.717) is 13.0 Å². The van der Waals surface area contributed by atoms with Gasteiger partial charge in [0.1, 0.15) is 12.1 Å². The highest BCUT2D eigenvalue weighted by atomic mass is 16.6. The molecular weight excluding hydrogens is 286 g/mol. The minimum atomic E-state index is -1.03. The zero-order valence-electron chi connectivity index (χ0n) is 12.2. The monoisotopic (exact) mass is 303 g/mol. The summed E-state index contributed by atoms with van der Waals surface area (Å²) in [5.74, 6) is -0.914. The largest absolute Gasteiger partial charge is 0.325 e. The molecule has 7 heteroatoms. The summed E-state index contributed by atoms with van der Waals surface area (Å²) in [6, 6.07) is 7.01. The number of amides is 4. The number of imide groups is 1. The molecule has 2 aliphatic rings. The Morgan fingerprint density at radius 1 is 1.41 bits per heavy atom. The first-order chi connectivity index (χ1) is 10.6. The van der Waals surface area contributed by atoms with Crippen LogP contribution in [0.1, 0.15) is 24.5 Å². The second kappa shape index (κ2) is 5.42. The van der Waals surface area contributed by atoms with Gasteiger partial charge in [-0.25, -0.2) is 10.3 Å². The van der Waals surface area contributed by atoms with Gasteiger partial charge in [-0.2, -0.15) is 0 Å². The second-order valence-corrected chi connectivity index (χ2v) is 5.34. The number of nitrogens with one attached hydrogen (secondary N) is 2. The van der Waals surface area contributed by atoms with Crippen LogP contribution >= 0.6 is 0 Å².